The highest BCUT2D eigenvalue weighted by atomic mass is 16.5. The second-order valence-electron chi connectivity index (χ2n) is 6.91. The lowest BCUT2D eigenvalue weighted by Crippen LogP contribution is -2.42. The van der Waals surface area contributed by atoms with Crippen molar-refractivity contribution in [2.75, 3.05) is 19.7 Å². The molecule has 0 amide bonds. The molecule has 4 heteroatoms. The van der Waals surface area contributed by atoms with Crippen LogP contribution in [-0.4, -0.2) is 40.7 Å². The van der Waals surface area contributed by atoms with Crippen molar-refractivity contribution in [2.24, 2.45) is 0 Å². The van der Waals surface area contributed by atoms with E-state index in [2.05, 4.69) is 75.5 Å². The van der Waals surface area contributed by atoms with Gasteiger partial charge in [-0.3, -0.25) is 4.90 Å². The van der Waals surface area contributed by atoms with Crippen LogP contribution in [0.1, 0.15) is 29.2 Å². The largest absolute Gasteiger partial charge is 0.376 e. The van der Waals surface area contributed by atoms with Gasteiger partial charge in [-0.15, -0.1) is 0 Å². The number of rotatable bonds is 6. The Morgan fingerprint density at radius 3 is 2.35 bits per heavy atom. The van der Waals surface area contributed by atoms with Gasteiger partial charge in [0.2, 0.25) is 0 Å². The van der Waals surface area contributed by atoms with Crippen LogP contribution in [0.3, 0.4) is 0 Å². The first-order valence-electron chi connectivity index (χ1n) is 9.29. The zero-order valence-electron chi connectivity index (χ0n) is 14.9. The molecule has 134 valence electrons. The van der Waals surface area contributed by atoms with Crippen LogP contribution in [0.25, 0.3) is 0 Å². The van der Waals surface area contributed by atoms with E-state index in [0.29, 0.717) is 5.92 Å². The second kappa shape index (κ2) is 8.30. The molecule has 0 saturated carbocycles. The molecule has 4 nitrogen and oxygen atoms in total. The van der Waals surface area contributed by atoms with E-state index in [1.807, 2.05) is 6.20 Å². The minimum absolute atomic E-state index is 0.233. The summed E-state index contributed by atoms with van der Waals surface area (Å²) in [5.41, 5.74) is 3.87. The molecule has 4 rings (SSSR count). The SMILES string of the molecule is c1ccc(C(C[C@H]2CN(Cc3cnc[nH]3)CCO2)c2ccccc2)cc1. The van der Waals surface area contributed by atoms with Gasteiger partial charge in [0.15, 0.2) is 0 Å². The summed E-state index contributed by atoms with van der Waals surface area (Å²) in [7, 11) is 0. The Morgan fingerprint density at radius 1 is 1.04 bits per heavy atom. The van der Waals surface area contributed by atoms with E-state index < -0.39 is 0 Å². The first-order chi connectivity index (χ1) is 12.9. The van der Waals surface area contributed by atoms with Crippen LogP contribution in [0.2, 0.25) is 0 Å². The number of hydrogen-bond acceptors (Lipinski definition) is 3. The Morgan fingerprint density at radius 2 is 1.73 bits per heavy atom. The third kappa shape index (κ3) is 4.21. The maximum atomic E-state index is 6.13. The monoisotopic (exact) mass is 347 g/mol. The van der Waals surface area contributed by atoms with Crippen LogP contribution in [0.15, 0.2) is 73.2 Å². The van der Waals surface area contributed by atoms with Crippen molar-refractivity contribution < 1.29 is 4.74 Å². The average molecular weight is 347 g/mol. The van der Waals surface area contributed by atoms with E-state index in [1.165, 1.54) is 11.1 Å². The zero-order chi connectivity index (χ0) is 17.6. The standard InChI is InChI=1S/C22H25N3O/c1-3-7-18(8-4-1)22(19-9-5-2-6-10-19)13-21-16-25(11-12-26-21)15-20-14-23-17-24-20/h1-10,14,17,21-22H,11-13,15-16H2,(H,23,24)/t21-/m0/s1. The lowest BCUT2D eigenvalue weighted by molar-refractivity contribution is -0.0367. The molecule has 1 aliphatic rings. The molecule has 2 heterocycles. The van der Waals surface area contributed by atoms with Crippen molar-refractivity contribution in [3.05, 3.63) is 90.0 Å². The topological polar surface area (TPSA) is 41.2 Å². The molecule has 1 atom stereocenters. The second-order valence-corrected chi connectivity index (χ2v) is 6.91. The molecule has 0 spiro atoms. The summed E-state index contributed by atoms with van der Waals surface area (Å²) in [6.07, 6.45) is 4.88. The van der Waals surface area contributed by atoms with Crippen LogP contribution in [0, 0.1) is 0 Å². The van der Waals surface area contributed by atoms with Gasteiger partial charge in [0.05, 0.1) is 19.0 Å². The van der Waals surface area contributed by atoms with Crippen molar-refractivity contribution in [1.82, 2.24) is 14.9 Å². The van der Waals surface area contributed by atoms with Crippen LogP contribution < -0.4 is 0 Å². The Labute approximate surface area is 154 Å². The van der Waals surface area contributed by atoms with Gasteiger partial charge in [-0.25, -0.2) is 4.98 Å². The molecule has 0 aliphatic carbocycles. The molecular formula is C22H25N3O. The number of nitrogens with zero attached hydrogens (tertiary/aromatic N) is 2. The molecule has 1 N–H and O–H groups in total. The third-order valence-electron chi connectivity index (χ3n) is 5.07. The maximum Gasteiger partial charge on any atom is 0.0922 e. The van der Waals surface area contributed by atoms with E-state index >= 15 is 0 Å². The molecule has 1 aliphatic heterocycles. The normalized spacial score (nSPS) is 18.3. The quantitative estimate of drug-likeness (QED) is 0.737. The number of benzene rings is 2. The zero-order valence-corrected chi connectivity index (χ0v) is 14.9. The molecule has 1 aromatic heterocycles. The van der Waals surface area contributed by atoms with E-state index in [0.717, 1.165) is 38.4 Å². The lowest BCUT2D eigenvalue weighted by Gasteiger charge is -2.34. The minimum Gasteiger partial charge on any atom is -0.376 e. The third-order valence-corrected chi connectivity index (χ3v) is 5.07. The first kappa shape index (κ1) is 17.0. The molecule has 1 saturated heterocycles. The number of nitrogens with one attached hydrogen (secondary N) is 1. The highest BCUT2D eigenvalue weighted by Gasteiger charge is 2.25. The van der Waals surface area contributed by atoms with Gasteiger partial charge in [-0.1, -0.05) is 60.7 Å². The molecule has 2 aromatic carbocycles. The number of aromatic amines is 1. The van der Waals surface area contributed by atoms with Crippen molar-refractivity contribution in [1.29, 1.82) is 0 Å². The average Bonchev–Trinajstić information content (AvgIpc) is 3.21. The number of morpholine rings is 1. The summed E-state index contributed by atoms with van der Waals surface area (Å²) in [6, 6.07) is 21.5. The van der Waals surface area contributed by atoms with E-state index in [9.17, 15) is 0 Å². The highest BCUT2D eigenvalue weighted by Crippen LogP contribution is 2.31. The maximum absolute atomic E-state index is 6.13. The van der Waals surface area contributed by atoms with E-state index in [-0.39, 0.29) is 6.10 Å². The van der Waals surface area contributed by atoms with Crippen LogP contribution in [0.5, 0.6) is 0 Å². The van der Waals surface area contributed by atoms with E-state index in [1.54, 1.807) is 6.33 Å². The van der Waals surface area contributed by atoms with Crippen LogP contribution in [-0.2, 0) is 11.3 Å². The fraction of sp³-hybridized carbons (Fsp3) is 0.318. The van der Waals surface area contributed by atoms with Crippen LogP contribution in [0.4, 0.5) is 0 Å². The number of hydrogen-bond donors (Lipinski definition) is 1. The molecular weight excluding hydrogens is 322 g/mol. The van der Waals surface area contributed by atoms with Crippen molar-refractivity contribution in [3.63, 3.8) is 0 Å². The lowest BCUT2D eigenvalue weighted by atomic mass is 9.86. The number of imidazole rings is 1. The molecule has 1 fully saturated rings. The number of aromatic nitrogens is 2. The molecule has 3 aromatic rings. The Bertz CT molecular complexity index is 734. The van der Waals surface area contributed by atoms with Crippen molar-refractivity contribution in [3.8, 4) is 0 Å². The molecule has 0 bridgehead atoms. The highest BCUT2D eigenvalue weighted by molar-refractivity contribution is 5.32. The smallest absolute Gasteiger partial charge is 0.0922 e. The van der Waals surface area contributed by atoms with Gasteiger partial charge in [0, 0.05) is 37.4 Å². The minimum atomic E-state index is 0.233. The summed E-state index contributed by atoms with van der Waals surface area (Å²) in [5, 5.41) is 0. The Hall–Kier alpha value is -2.43. The van der Waals surface area contributed by atoms with Crippen molar-refractivity contribution >= 4 is 0 Å². The first-order valence-corrected chi connectivity index (χ1v) is 9.29. The van der Waals surface area contributed by atoms with Gasteiger partial charge < -0.3 is 9.72 Å². The summed E-state index contributed by atoms with van der Waals surface area (Å²) < 4.78 is 6.13. The van der Waals surface area contributed by atoms with E-state index in [4.69, 9.17) is 4.74 Å². The number of H-pyrrole nitrogens is 1. The van der Waals surface area contributed by atoms with Crippen molar-refractivity contribution in [2.45, 2.75) is 25.0 Å². The summed E-state index contributed by atoms with van der Waals surface area (Å²) in [5.74, 6) is 0.356. The predicted octanol–water partition coefficient (Wildman–Crippen LogP) is 3.83. The Kier molecular flexibility index (Phi) is 5.43. The van der Waals surface area contributed by atoms with Gasteiger partial charge >= 0.3 is 0 Å². The fourth-order valence-corrected chi connectivity index (χ4v) is 3.78. The fourth-order valence-electron chi connectivity index (χ4n) is 3.78. The Balaban J connectivity index is 1.48. The summed E-state index contributed by atoms with van der Waals surface area (Å²) in [6.45, 7) is 3.61. The summed E-state index contributed by atoms with van der Waals surface area (Å²) >= 11 is 0. The molecule has 0 radical (unpaired) electrons. The number of ether oxygens (including phenoxy) is 1. The molecule has 26 heavy (non-hydrogen) atoms. The van der Waals surface area contributed by atoms with Gasteiger partial charge in [0.1, 0.15) is 0 Å². The predicted molar refractivity (Wildman–Crippen MR) is 103 cm³/mol. The van der Waals surface area contributed by atoms with Gasteiger partial charge in [-0.2, -0.15) is 0 Å². The van der Waals surface area contributed by atoms with Gasteiger partial charge in [0.25, 0.3) is 0 Å². The van der Waals surface area contributed by atoms with Crippen LogP contribution >= 0.6 is 0 Å². The molecule has 0 unspecified atom stereocenters. The summed E-state index contributed by atoms with van der Waals surface area (Å²) in [4.78, 5) is 9.77. The van der Waals surface area contributed by atoms with Gasteiger partial charge in [-0.05, 0) is 17.5 Å².